The van der Waals surface area contributed by atoms with Crippen LogP contribution in [0.15, 0.2) is 29.9 Å². The number of nitrogens with zero attached hydrogens (tertiary/aromatic N) is 4. The van der Waals surface area contributed by atoms with Gasteiger partial charge in [0.25, 0.3) is 0 Å². The number of carbonyl (C=O) groups is 1. The maximum Gasteiger partial charge on any atom is 0.230 e. The maximum atomic E-state index is 12.5. The number of hydrogen-bond acceptors (Lipinski definition) is 5. The molecule has 3 aromatic rings. The number of pyridine rings is 1. The summed E-state index contributed by atoms with van der Waals surface area (Å²) in [6.45, 7) is 9.15. The standard InChI is InChI=1S/C19H23N5OS/c1-12(2)10-24-14(4)16(13(3)23-24)8-18(25)22-19-21-17(11-26-19)15-6-5-7-20-9-15/h5-7,9,11-12H,8,10H2,1-4H3,(H,21,22,25). The van der Waals surface area contributed by atoms with E-state index in [0.717, 1.165) is 34.8 Å². The minimum absolute atomic E-state index is 0.0765. The second-order valence-corrected chi connectivity index (χ2v) is 7.59. The maximum absolute atomic E-state index is 12.5. The van der Waals surface area contributed by atoms with E-state index < -0.39 is 0 Å². The lowest BCUT2D eigenvalue weighted by Gasteiger charge is -2.08. The predicted octanol–water partition coefficient (Wildman–Crippen LogP) is 3.86. The van der Waals surface area contributed by atoms with E-state index in [-0.39, 0.29) is 5.91 Å². The molecule has 0 aliphatic carbocycles. The molecule has 7 heteroatoms. The van der Waals surface area contributed by atoms with Gasteiger partial charge in [-0.2, -0.15) is 5.10 Å². The molecule has 0 unspecified atom stereocenters. The highest BCUT2D eigenvalue weighted by molar-refractivity contribution is 7.14. The van der Waals surface area contributed by atoms with Crippen LogP contribution in [0.5, 0.6) is 0 Å². The minimum Gasteiger partial charge on any atom is -0.302 e. The molecular weight excluding hydrogens is 346 g/mol. The first kappa shape index (κ1) is 18.3. The van der Waals surface area contributed by atoms with Crippen molar-refractivity contribution in [1.29, 1.82) is 0 Å². The summed E-state index contributed by atoms with van der Waals surface area (Å²) < 4.78 is 1.99. The van der Waals surface area contributed by atoms with Gasteiger partial charge in [0.1, 0.15) is 0 Å². The van der Waals surface area contributed by atoms with Crippen LogP contribution in [0.25, 0.3) is 11.3 Å². The zero-order valence-corrected chi connectivity index (χ0v) is 16.3. The van der Waals surface area contributed by atoms with E-state index in [2.05, 4.69) is 34.2 Å². The number of thiazole rings is 1. The first-order valence-corrected chi connectivity index (χ1v) is 9.50. The molecule has 0 saturated carbocycles. The molecule has 3 rings (SSSR count). The second-order valence-electron chi connectivity index (χ2n) is 6.73. The van der Waals surface area contributed by atoms with Gasteiger partial charge in [-0.1, -0.05) is 13.8 Å². The third-order valence-electron chi connectivity index (χ3n) is 4.11. The van der Waals surface area contributed by atoms with Crippen molar-refractivity contribution in [3.63, 3.8) is 0 Å². The number of anilines is 1. The van der Waals surface area contributed by atoms with Gasteiger partial charge in [0.15, 0.2) is 5.13 Å². The lowest BCUT2D eigenvalue weighted by molar-refractivity contribution is -0.115. The third kappa shape index (κ3) is 4.16. The van der Waals surface area contributed by atoms with Crippen molar-refractivity contribution in [2.75, 3.05) is 5.32 Å². The van der Waals surface area contributed by atoms with Gasteiger partial charge >= 0.3 is 0 Å². The fourth-order valence-corrected chi connectivity index (χ4v) is 3.55. The largest absolute Gasteiger partial charge is 0.302 e. The number of nitrogens with one attached hydrogen (secondary N) is 1. The Hall–Kier alpha value is -2.54. The van der Waals surface area contributed by atoms with Gasteiger partial charge in [-0.05, 0) is 31.9 Å². The van der Waals surface area contributed by atoms with E-state index in [9.17, 15) is 4.79 Å². The summed E-state index contributed by atoms with van der Waals surface area (Å²) in [6.07, 6.45) is 3.79. The molecule has 3 aromatic heterocycles. The molecule has 3 heterocycles. The summed E-state index contributed by atoms with van der Waals surface area (Å²) in [5.74, 6) is 0.434. The lowest BCUT2D eigenvalue weighted by atomic mass is 10.1. The van der Waals surface area contributed by atoms with Crippen molar-refractivity contribution >= 4 is 22.4 Å². The molecule has 1 amide bonds. The quantitative estimate of drug-likeness (QED) is 0.716. The zero-order valence-electron chi connectivity index (χ0n) is 15.5. The SMILES string of the molecule is Cc1nn(CC(C)C)c(C)c1CC(=O)Nc1nc(-c2cccnc2)cs1. The van der Waals surface area contributed by atoms with E-state index >= 15 is 0 Å². The van der Waals surface area contributed by atoms with Crippen molar-refractivity contribution in [3.8, 4) is 11.3 Å². The monoisotopic (exact) mass is 369 g/mol. The third-order valence-corrected chi connectivity index (χ3v) is 4.87. The molecule has 0 atom stereocenters. The highest BCUT2D eigenvalue weighted by atomic mass is 32.1. The van der Waals surface area contributed by atoms with E-state index in [1.54, 1.807) is 12.4 Å². The van der Waals surface area contributed by atoms with Crippen molar-refractivity contribution in [2.24, 2.45) is 5.92 Å². The molecule has 0 bridgehead atoms. The van der Waals surface area contributed by atoms with Gasteiger partial charge in [0.05, 0.1) is 17.8 Å². The second kappa shape index (κ2) is 7.78. The Kier molecular flexibility index (Phi) is 5.46. The van der Waals surface area contributed by atoms with E-state index in [0.29, 0.717) is 17.5 Å². The van der Waals surface area contributed by atoms with Crippen molar-refractivity contribution < 1.29 is 4.79 Å². The summed E-state index contributed by atoms with van der Waals surface area (Å²) in [5.41, 5.74) is 4.71. The number of aromatic nitrogens is 4. The molecule has 136 valence electrons. The van der Waals surface area contributed by atoms with Gasteiger partial charge in [0, 0.05) is 41.1 Å². The van der Waals surface area contributed by atoms with Crippen molar-refractivity contribution in [1.82, 2.24) is 19.7 Å². The Labute approximate surface area is 157 Å². The number of carbonyl (C=O) groups excluding carboxylic acids is 1. The zero-order chi connectivity index (χ0) is 18.7. The highest BCUT2D eigenvalue weighted by Crippen LogP contribution is 2.24. The van der Waals surface area contributed by atoms with E-state index in [1.807, 2.05) is 36.0 Å². The van der Waals surface area contributed by atoms with Crippen LogP contribution < -0.4 is 5.32 Å². The molecular formula is C19H23N5OS. The molecule has 0 radical (unpaired) electrons. The average molecular weight is 369 g/mol. The number of rotatable bonds is 6. The number of aryl methyl sites for hydroxylation is 1. The van der Waals surface area contributed by atoms with Crippen LogP contribution in [0.2, 0.25) is 0 Å². The summed E-state index contributed by atoms with van der Waals surface area (Å²) in [7, 11) is 0. The average Bonchev–Trinajstić information content (AvgIpc) is 3.16. The normalized spacial score (nSPS) is 11.1. The van der Waals surface area contributed by atoms with Crippen LogP contribution >= 0.6 is 11.3 Å². The molecule has 1 N–H and O–H groups in total. The number of hydrogen-bond donors (Lipinski definition) is 1. The van der Waals surface area contributed by atoms with Gasteiger partial charge in [-0.3, -0.25) is 14.5 Å². The predicted molar refractivity (Wildman–Crippen MR) is 104 cm³/mol. The molecule has 6 nitrogen and oxygen atoms in total. The van der Waals surface area contributed by atoms with Gasteiger partial charge in [0.2, 0.25) is 5.91 Å². The fourth-order valence-electron chi connectivity index (χ4n) is 2.82. The molecule has 0 spiro atoms. The summed E-state index contributed by atoms with van der Waals surface area (Å²) >= 11 is 1.41. The molecule has 0 aliphatic heterocycles. The topological polar surface area (TPSA) is 72.7 Å². The van der Waals surface area contributed by atoms with Crippen LogP contribution in [0.3, 0.4) is 0 Å². The lowest BCUT2D eigenvalue weighted by Crippen LogP contribution is -2.15. The van der Waals surface area contributed by atoms with Gasteiger partial charge < -0.3 is 5.32 Å². The van der Waals surface area contributed by atoms with Gasteiger partial charge in [-0.15, -0.1) is 11.3 Å². The van der Waals surface area contributed by atoms with Crippen LogP contribution in [0.4, 0.5) is 5.13 Å². The van der Waals surface area contributed by atoms with E-state index in [1.165, 1.54) is 11.3 Å². The molecule has 0 saturated heterocycles. The molecule has 0 aromatic carbocycles. The molecule has 26 heavy (non-hydrogen) atoms. The Morgan fingerprint density at radius 2 is 2.15 bits per heavy atom. The number of amides is 1. The van der Waals surface area contributed by atoms with Crippen molar-refractivity contribution in [3.05, 3.63) is 46.9 Å². The fraction of sp³-hybridized carbons (Fsp3) is 0.368. The summed E-state index contributed by atoms with van der Waals surface area (Å²) in [4.78, 5) is 21.0. The molecule has 0 aliphatic rings. The Balaban J connectivity index is 1.68. The first-order valence-electron chi connectivity index (χ1n) is 8.62. The summed E-state index contributed by atoms with van der Waals surface area (Å²) in [6, 6.07) is 3.82. The first-order chi connectivity index (χ1) is 12.4. The van der Waals surface area contributed by atoms with Crippen molar-refractivity contribution in [2.45, 2.75) is 40.7 Å². The Morgan fingerprint density at radius 1 is 1.35 bits per heavy atom. The Morgan fingerprint density at radius 3 is 2.85 bits per heavy atom. The van der Waals surface area contributed by atoms with Crippen LogP contribution in [-0.2, 0) is 17.8 Å². The minimum atomic E-state index is -0.0765. The van der Waals surface area contributed by atoms with Crippen LogP contribution in [0, 0.1) is 19.8 Å². The van der Waals surface area contributed by atoms with E-state index in [4.69, 9.17) is 0 Å². The smallest absolute Gasteiger partial charge is 0.230 e. The summed E-state index contributed by atoms with van der Waals surface area (Å²) in [5, 5.41) is 9.98. The highest BCUT2D eigenvalue weighted by Gasteiger charge is 2.16. The van der Waals surface area contributed by atoms with Crippen LogP contribution in [-0.4, -0.2) is 25.7 Å². The van der Waals surface area contributed by atoms with Crippen LogP contribution in [0.1, 0.15) is 30.8 Å². The van der Waals surface area contributed by atoms with Gasteiger partial charge in [-0.25, -0.2) is 4.98 Å². The molecule has 0 fully saturated rings. The Bertz CT molecular complexity index is 898.